The van der Waals surface area contributed by atoms with Gasteiger partial charge in [0, 0.05) is 13.1 Å². The van der Waals surface area contributed by atoms with E-state index in [2.05, 4.69) is 10.4 Å². The molecule has 0 bridgehead atoms. The van der Waals surface area contributed by atoms with Crippen molar-refractivity contribution in [2.75, 3.05) is 11.9 Å². The maximum Gasteiger partial charge on any atom is 0.287 e. The number of hydrogen-bond acceptors (Lipinski definition) is 3. The van der Waals surface area contributed by atoms with Gasteiger partial charge >= 0.3 is 0 Å². The van der Waals surface area contributed by atoms with Crippen LogP contribution >= 0.6 is 11.6 Å². The van der Waals surface area contributed by atoms with E-state index in [1.807, 2.05) is 13.0 Å². The van der Waals surface area contributed by atoms with E-state index in [9.17, 15) is 9.18 Å². The minimum Gasteiger partial charge on any atom is -0.382 e. The second-order valence-corrected chi connectivity index (χ2v) is 4.68. The van der Waals surface area contributed by atoms with E-state index in [1.165, 1.54) is 23.0 Å². The van der Waals surface area contributed by atoms with E-state index < -0.39 is 0 Å². The number of aryl methyl sites for hydroxylation is 1. The van der Waals surface area contributed by atoms with Crippen molar-refractivity contribution in [1.82, 2.24) is 9.78 Å². The van der Waals surface area contributed by atoms with E-state index in [0.29, 0.717) is 25.2 Å². The Labute approximate surface area is 121 Å². The molecule has 0 saturated carbocycles. The van der Waals surface area contributed by atoms with E-state index in [-0.39, 0.29) is 16.4 Å². The molecule has 0 aliphatic carbocycles. The Bertz CT molecular complexity index is 657. The summed E-state index contributed by atoms with van der Waals surface area (Å²) in [5.41, 5.74) is 1.06. The molecule has 106 valence electrons. The van der Waals surface area contributed by atoms with E-state index in [0.717, 1.165) is 5.56 Å². The molecule has 0 atom stereocenters. The maximum atomic E-state index is 13.0. The molecule has 0 spiro atoms. The SMILES string of the molecule is CCn1ncc(NCCc2cccc(F)c2)c(Cl)c1=O. The Balaban J connectivity index is 2.01. The van der Waals surface area contributed by atoms with Crippen LogP contribution in [0.5, 0.6) is 0 Å². The van der Waals surface area contributed by atoms with Gasteiger partial charge in [-0.2, -0.15) is 5.10 Å². The first kappa shape index (κ1) is 14.5. The molecule has 1 heterocycles. The average molecular weight is 296 g/mol. The van der Waals surface area contributed by atoms with E-state index >= 15 is 0 Å². The molecule has 1 N–H and O–H groups in total. The first-order valence-electron chi connectivity index (χ1n) is 6.35. The first-order valence-corrected chi connectivity index (χ1v) is 6.73. The van der Waals surface area contributed by atoms with E-state index in [4.69, 9.17) is 11.6 Å². The second-order valence-electron chi connectivity index (χ2n) is 4.30. The fourth-order valence-corrected chi connectivity index (χ4v) is 2.06. The smallest absolute Gasteiger partial charge is 0.287 e. The lowest BCUT2D eigenvalue weighted by Crippen LogP contribution is -2.23. The zero-order chi connectivity index (χ0) is 14.5. The van der Waals surface area contributed by atoms with Gasteiger partial charge in [0.25, 0.3) is 5.56 Å². The van der Waals surface area contributed by atoms with Gasteiger partial charge in [0.1, 0.15) is 10.8 Å². The zero-order valence-electron chi connectivity index (χ0n) is 11.1. The molecule has 2 aromatic rings. The summed E-state index contributed by atoms with van der Waals surface area (Å²) in [6.45, 7) is 2.84. The van der Waals surface area contributed by atoms with Crippen molar-refractivity contribution in [3.63, 3.8) is 0 Å². The highest BCUT2D eigenvalue weighted by molar-refractivity contribution is 6.32. The fourth-order valence-electron chi connectivity index (χ4n) is 1.85. The highest BCUT2D eigenvalue weighted by Gasteiger charge is 2.07. The van der Waals surface area contributed by atoms with Crippen LogP contribution in [0.4, 0.5) is 10.1 Å². The molecule has 0 aliphatic rings. The van der Waals surface area contributed by atoms with Crippen LogP contribution < -0.4 is 10.9 Å². The number of rotatable bonds is 5. The quantitative estimate of drug-likeness (QED) is 0.922. The summed E-state index contributed by atoms with van der Waals surface area (Å²) in [6, 6.07) is 6.40. The Hall–Kier alpha value is -1.88. The third-order valence-corrected chi connectivity index (χ3v) is 3.27. The summed E-state index contributed by atoms with van der Waals surface area (Å²) < 4.78 is 14.3. The lowest BCUT2D eigenvalue weighted by molar-refractivity contribution is 0.616. The normalized spacial score (nSPS) is 10.6. The molecule has 1 aromatic carbocycles. The molecule has 2 rings (SSSR count). The van der Waals surface area contributed by atoms with Gasteiger partial charge in [0.05, 0.1) is 11.9 Å². The highest BCUT2D eigenvalue weighted by atomic mass is 35.5. The molecule has 0 radical (unpaired) electrons. The van der Waals surface area contributed by atoms with Crippen LogP contribution in [0, 0.1) is 5.82 Å². The molecule has 1 aromatic heterocycles. The summed E-state index contributed by atoms with van der Waals surface area (Å²) in [5.74, 6) is -0.257. The minimum atomic E-state index is -0.315. The Morgan fingerprint density at radius 3 is 2.95 bits per heavy atom. The van der Waals surface area contributed by atoms with Crippen LogP contribution in [-0.2, 0) is 13.0 Å². The topological polar surface area (TPSA) is 46.9 Å². The summed E-state index contributed by atoms with van der Waals surface area (Å²) >= 11 is 5.99. The van der Waals surface area contributed by atoms with Crippen molar-refractivity contribution in [1.29, 1.82) is 0 Å². The first-order chi connectivity index (χ1) is 9.61. The molecule has 0 unspecified atom stereocenters. The zero-order valence-corrected chi connectivity index (χ0v) is 11.8. The van der Waals surface area contributed by atoms with Gasteiger partial charge in [-0.05, 0) is 31.0 Å². The van der Waals surface area contributed by atoms with Gasteiger partial charge in [0.2, 0.25) is 0 Å². The van der Waals surface area contributed by atoms with Crippen molar-refractivity contribution >= 4 is 17.3 Å². The molecule has 0 aliphatic heterocycles. The largest absolute Gasteiger partial charge is 0.382 e. The molecular weight excluding hydrogens is 281 g/mol. The van der Waals surface area contributed by atoms with Crippen LogP contribution in [0.15, 0.2) is 35.3 Å². The molecule has 6 heteroatoms. The second kappa shape index (κ2) is 6.52. The summed E-state index contributed by atoms with van der Waals surface area (Å²) in [7, 11) is 0. The van der Waals surface area contributed by atoms with Crippen LogP contribution in [0.2, 0.25) is 5.02 Å². The van der Waals surface area contributed by atoms with Crippen LogP contribution in [0.25, 0.3) is 0 Å². The van der Waals surface area contributed by atoms with Gasteiger partial charge in [0.15, 0.2) is 0 Å². The monoisotopic (exact) mass is 295 g/mol. The maximum absolute atomic E-state index is 13.0. The number of aromatic nitrogens is 2. The lowest BCUT2D eigenvalue weighted by Gasteiger charge is -2.09. The molecule has 4 nitrogen and oxygen atoms in total. The standard InChI is InChI=1S/C14H15ClFN3O/c1-2-19-14(20)13(15)12(9-18-19)17-7-6-10-4-3-5-11(16)8-10/h3-5,8-9,17H,2,6-7H2,1H3. The van der Waals surface area contributed by atoms with Crippen molar-refractivity contribution in [2.45, 2.75) is 19.9 Å². The summed E-state index contributed by atoms with van der Waals surface area (Å²) in [5, 5.41) is 7.16. The Morgan fingerprint density at radius 2 is 2.25 bits per heavy atom. The van der Waals surface area contributed by atoms with Crippen LogP contribution in [0.3, 0.4) is 0 Å². The van der Waals surface area contributed by atoms with Crippen molar-refractivity contribution in [2.24, 2.45) is 0 Å². The predicted molar refractivity (Wildman–Crippen MR) is 77.8 cm³/mol. The van der Waals surface area contributed by atoms with Gasteiger partial charge in [-0.1, -0.05) is 23.7 Å². The summed E-state index contributed by atoms with van der Waals surface area (Å²) in [4.78, 5) is 11.8. The lowest BCUT2D eigenvalue weighted by atomic mass is 10.1. The molecule has 20 heavy (non-hydrogen) atoms. The molecule has 0 saturated heterocycles. The Kier molecular flexibility index (Phi) is 4.74. The predicted octanol–water partition coefficient (Wildman–Crippen LogP) is 2.71. The van der Waals surface area contributed by atoms with Crippen LogP contribution in [-0.4, -0.2) is 16.3 Å². The van der Waals surface area contributed by atoms with Crippen molar-refractivity contribution < 1.29 is 4.39 Å². The van der Waals surface area contributed by atoms with E-state index in [1.54, 1.807) is 6.07 Å². The number of hydrogen-bond donors (Lipinski definition) is 1. The van der Waals surface area contributed by atoms with Gasteiger partial charge in [-0.15, -0.1) is 0 Å². The number of benzene rings is 1. The molecule has 0 amide bonds. The molecule has 0 fully saturated rings. The number of nitrogens with one attached hydrogen (secondary N) is 1. The van der Waals surface area contributed by atoms with Crippen molar-refractivity contribution in [3.8, 4) is 0 Å². The van der Waals surface area contributed by atoms with Gasteiger partial charge < -0.3 is 5.32 Å². The average Bonchev–Trinajstić information content (AvgIpc) is 2.44. The number of nitrogens with zero attached hydrogens (tertiary/aromatic N) is 2. The highest BCUT2D eigenvalue weighted by Crippen LogP contribution is 2.15. The fraction of sp³-hybridized carbons (Fsp3) is 0.286. The van der Waals surface area contributed by atoms with Gasteiger partial charge in [-0.3, -0.25) is 4.79 Å². The van der Waals surface area contributed by atoms with Gasteiger partial charge in [-0.25, -0.2) is 9.07 Å². The summed E-state index contributed by atoms with van der Waals surface area (Å²) in [6.07, 6.45) is 2.16. The number of anilines is 1. The Morgan fingerprint density at radius 1 is 1.45 bits per heavy atom. The third-order valence-electron chi connectivity index (χ3n) is 2.90. The van der Waals surface area contributed by atoms with Crippen LogP contribution in [0.1, 0.15) is 12.5 Å². The van der Waals surface area contributed by atoms with Crippen molar-refractivity contribution in [3.05, 3.63) is 57.2 Å². The minimum absolute atomic E-state index is 0.126. The number of halogens is 2. The third kappa shape index (κ3) is 3.36. The molecular formula is C14H15ClFN3O.